The second-order valence-electron chi connectivity index (χ2n) is 7.60. The Bertz CT molecular complexity index is 1070. The normalized spacial score (nSPS) is 21.6. The van der Waals surface area contributed by atoms with Gasteiger partial charge in [-0.1, -0.05) is 0 Å². The summed E-state index contributed by atoms with van der Waals surface area (Å²) in [6.07, 6.45) is 1.60. The average molecular weight is 406 g/mol. The molecule has 0 radical (unpaired) electrons. The van der Waals surface area contributed by atoms with Crippen LogP contribution in [-0.2, 0) is 4.79 Å². The summed E-state index contributed by atoms with van der Waals surface area (Å²) in [4.78, 5) is 40.7. The highest BCUT2D eigenvalue weighted by Gasteiger charge is 2.35. The Morgan fingerprint density at radius 2 is 2.07 bits per heavy atom. The molecule has 1 amide bonds. The molecule has 10 heteroatoms. The zero-order chi connectivity index (χ0) is 20.9. The molecule has 8 nitrogen and oxygen atoms in total. The average Bonchev–Trinajstić information content (AvgIpc) is 3.43. The van der Waals surface area contributed by atoms with E-state index < -0.39 is 34.9 Å². The van der Waals surface area contributed by atoms with Gasteiger partial charge in [0.2, 0.25) is 11.3 Å². The minimum absolute atomic E-state index is 0.00188. The third kappa shape index (κ3) is 3.54. The van der Waals surface area contributed by atoms with Crippen LogP contribution in [0.15, 0.2) is 17.1 Å². The lowest BCUT2D eigenvalue weighted by molar-refractivity contribution is -0.119. The molecule has 2 N–H and O–H groups in total. The molecule has 2 aromatic heterocycles. The van der Waals surface area contributed by atoms with E-state index in [4.69, 9.17) is 0 Å². The first-order valence-electron chi connectivity index (χ1n) is 9.38. The van der Waals surface area contributed by atoms with E-state index in [1.807, 2.05) is 0 Å². The van der Waals surface area contributed by atoms with Gasteiger partial charge in [0.25, 0.3) is 0 Å². The van der Waals surface area contributed by atoms with E-state index in [-0.39, 0.29) is 48.4 Å². The van der Waals surface area contributed by atoms with Crippen LogP contribution in [0.5, 0.6) is 0 Å². The molecule has 2 unspecified atom stereocenters. The topological polar surface area (TPSA) is 105 Å². The van der Waals surface area contributed by atoms with Gasteiger partial charge in [-0.25, -0.2) is 18.6 Å². The van der Waals surface area contributed by atoms with Crippen LogP contribution in [0.1, 0.15) is 36.2 Å². The molecule has 0 bridgehead atoms. The van der Waals surface area contributed by atoms with Crippen molar-refractivity contribution in [3.8, 4) is 0 Å². The fraction of sp³-hybridized carbons (Fsp3) is 0.474. The molecule has 1 saturated heterocycles. The van der Waals surface area contributed by atoms with Gasteiger partial charge in [0.1, 0.15) is 17.4 Å². The van der Waals surface area contributed by atoms with Crippen molar-refractivity contribution in [2.75, 3.05) is 24.5 Å². The van der Waals surface area contributed by atoms with Crippen LogP contribution in [0.3, 0.4) is 0 Å². The van der Waals surface area contributed by atoms with Gasteiger partial charge in [0.05, 0.1) is 11.9 Å². The van der Waals surface area contributed by atoms with Crippen LogP contribution >= 0.6 is 0 Å². The minimum atomic E-state index is -1.38. The maximum atomic E-state index is 14.8. The summed E-state index contributed by atoms with van der Waals surface area (Å²) in [5.41, 5.74) is -1.03. The largest absolute Gasteiger partial charge is 0.477 e. The summed E-state index contributed by atoms with van der Waals surface area (Å²) in [5, 5.41) is 11.8. The van der Waals surface area contributed by atoms with Crippen molar-refractivity contribution < 1.29 is 23.5 Å². The Morgan fingerprint density at radius 3 is 2.69 bits per heavy atom. The van der Waals surface area contributed by atoms with Crippen LogP contribution in [0.2, 0.25) is 0 Å². The molecule has 2 aromatic rings. The number of nitrogens with zero attached hydrogens (tertiary/aromatic N) is 3. The summed E-state index contributed by atoms with van der Waals surface area (Å²) in [6.45, 7) is 1.56. The van der Waals surface area contributed by atoms with Crippen LogP contribution in [0.4, 0.5) is 14.6 Å². The molecular formula is C19H20F2N4O4. The van der Waals surface area contributed by atoms with Gasteiger partial charge in [0.15, 0.2) is 11.6 Å². The Balaban J connectivity index is 1.75. The van der Waals surface area contributed by atoms with Crippen molar-refractivity contribution in [1.82, 2.24) is 14.9 Å². The maximum absolute atomic E-state index is 14.8. The standard InChI is InChI=1S/C19H20F2N4O4/c1-9(26)22-5-10-6-24(8-15(10)21)18-14(20)4-12-16(27)13(19(28)29)7-25(11-2-3-11)17(12)23-18/h4,7,10-11,15H,2-3,5-6,8H2,1H3,(H,22,26)(H,28,29). The van der Waals surface area contributed by atoms with Crippen LogP contribution in [-0.4, -0.2) is 52.3 Å². The zero-order valence-electron chi connectivity index (χ0n) is 15.7. The molecule has 2 fully saturated rings. The number of hydrogen-bond donors (Lipinski definition) is 2. The number of pyridine rings is 2. The monoisotopic (exact) mass is 406 g/mol. The number of anilines is 1. The smallest absolute Gasteiger partial charge is 0.341 e. The first-order valence-corrected chi connectivity index (χ1v) is 9.38. The zero-order valence-corrected chi connectivity index (χ0v) is 15.7. The Hall–Kier alpha value is -3.04. The fourth-order valence-corrected chi connectivity index (χ4v) is 3.71. The highest BCUT2D eigenvalue weighted by atomic mass is 19.1. The Morgan fingerprint density at radius 1 is 1.34 bits per heavy atom. The lowest BCUT2D eigenvalue weighted by Crippen LogP contribution is -2.31. The number of aromatic carboxylic acids is 1. The minimum Gasteiger partial charge on any atom is -0.477 e. The van der Waals surface area contributed by atoms with E-state index in [1.54, 1.807) is 4.57 Å². The summed E-state index contributed by atoms with van der Waals surface area (Å²) in [5.74, 6) is -3.05. The number of hydrogen-bond acceptors (Lipinski definition) is 5. The number of rotatable bonds is 5. The number of alkyl halides is 1. The molecular weight excluding hydrogens is 386 g/mol. The second kappa shape index (κ2) is 7.09. The molecule has 2 atom stereocenters. The third-order valence-electron chi connectivity index (χ3n) is 5.38. The number of carboxylic acid groups (broad SMARTS) is 1. The number of carbonyl (C=O) groups is 2. The predicted molar refractivity (Wildman–Crippen MR) is 100 cm³/mol. The fourth-order valence-electron chi connectivity index (χ4n) is 3.71. The maximum Gasteiger partial charge on any atom is 0.341 e. The number of amides is 1. The first-order chi connectivity index (χ1) is 13.8. The van der Waals surface area contributed by atoms with Crippen molar-refractivity contribution in [2.24, 2.45) is 5.92 Å². The number of nitrogens with one attached hydrogen (secondary N) is 1. The van der Waals surface area contributed by atoms with Crippen molar-refractivity contribution in [1.29, 1.82) is 0 Å². The number of carboxylic acids is 1. The van der Waals surface area contributed by atoms with E-state index in [0.717, 1.165) is 18.9 Å². The highest BCUT2D eigenvalue weighted by molar-refractivity contribution is 5.92. The van der Waals surface area contributed by atoms with E-state index >= 15 is 0 Å². The van der Waals surface area contributed by atoms with E-state index in [0.29, 0.717) is 0 Å². The molecule has 29 heavy (non-hydrogen) atoms. The number of fused-ring (bicyclic) bond motifs is 1. The summed E-state index contributed by atoms with van der Waals surface area (Å²) < 4.78 is 30.8. The number of aromatic nitrogens is 2. The van der Waals surface area contributed by atoms with Crippen molar-refractivity contribution in [3.63, 3.8) is 0 Å². The number of carbonyl (C=O) groups excluding carboxylic acids is 1. The van der Waals surface area contributed by atoms with Crippen LogP contribution in [0.25, 0.3) is 11.0 Å². The van der Waals surface area contributed by atoms with E-state index in [9.17, 15) is 28.3 Å². The number of halogens is 2. The molecule has 2 aliphatic rings. The highest BCUT2D eigenvalue weighted by Crippen LogP contribution is 2.37. The van der Waals surface area contributed by atoms with Crippen LogP contribution in [0, 0.1) is 11.7 Å². The molecule has 1 aliphatic carbocycles. The lowest BCUT2D eigenvalue weighted by atomic mass is 10.1. The van der Waals surface area contributed by atoms with Gasteiger partial charge < -0.3 is 19.9 Å². The first kappa shape index (κ1) is 19.3. The quantitative estimate of drug-likeness (QED) is 0.780. The van der Waals surface area contributed by atoms with Gasteiger partial charge in [-0.15, -0.1) is 0 Å². The van der Waals surface area contributed by atoms with Gasteiger partial charge in [-0.2, -0.15) is 0 Å². The molecule has 0 spiro atoms. The van der Waals surface area contributed by atoms with Crippen LogP contribution < -0.4 is 15.6 Å². The van der Waals surface area contributed by atoms with Crippen molar-refractivity contribution in [2.45, 2.75) is 32.0 Å². The van der Waals surface area contributed by atoms with Gasteiger partial charge in [0, 0.05) is 38.2 Å². The van der Waals surface area contributed by atoms with Crippen molar-refractivity contribution in [3.05, 3.63) is 33.9 Å². The lowest BCUT2D eigenvalue weighted by Gasteiger charge is -2.19. The van der Waals surface area contributed by atoms with Gasteiger partial charge >= 0.3 is 5.97 Å². The molecule has 0 aromatic carbocycles. The van der Waals surface area contributed by atoms with Crippen molar-refractivity contribution >= 4 is 28.7 Å². The third-order valence-corrected chi connectivity index (χ3v) is 5.38. The summed E-state index contributed by atoms with van der Waals surface area (Å²) in [7, 11) is 0. The second-order valence-corrected chi connectivity index (χ2v) is 7.60. The predicted octanol–water partition coefficient (Wildman–Crippen LogP) is 1.48. The van der Waals surface area contributed by atoms with Gasteiger partial charge in [-0.3, -0.25) is 9.59 Å². The molecule has 4 rings (SSSR count). The molecule has 1 saturated carbocycles. The summed E-state index contributed by atoms with van der Waals surface area (Å²) in [6, 6.07) is 0.988. The van der Waals surface area contributed by atoms with Gasteiger partial charge in [-0.05, 0) is 18.9 Å². The molecule has 154 valence electrons. The Labute approximate surface area is 164 Å². The SMILES string of the molecule is CC(=O)NCC1CN(c2nc3c(cc2F)c(=O)c(C(=O)O)cn3C2CC2)CC1F. The molecule has 3 heterocycles. The van der Waals surface area contributed by atoms with E-state index in [1.165, 1.54) is 18.0 Å². The van der Waals surface area contributed by atoms with E-state index in [2.05, 4.69) is 10.3 Å². The summed E-state index contributed by atoms with van der Waals surface area (Å²) >= 11 is 0. The molecule has 1 aliphatic heterocycles. The Kier molecular flexibility index (Phi) is 4.71.